The van der Waals surface area contributed by atoms with E-state index in [0.29, 0.717) is 41.8 Å². The monoisotopic (exact) mass is 437 g/mol. The lowest BCUT2D eigenvalue weighted by atomic mass is 10.1. The van der Waals surface area contributed by atoms with Crippen molar-refractivity contribution in [3.05, 3.63) is 89.5 Å². The van der Waals surface area contributed by atoms with Crippen molar-refractivity contribution in [2.24, 2.45) is 0 Å². The van der Waals surface area contributed by atoms with Crippen molar-refractivity contribution in [1.82, 2.24) is 4.90 Å². The quantitative estimate of drug-likeness (QED) is 0.596. The van der Waals surface area contributed by atoms with Gasteiger partial charge < -0.3 is 14.7 Å². The van der Waals surface area contributed by atoms with Crippen LogP contribution in [0.2, 0.25) is 0 Å². The fourth-order valence-electron chi connectivity index (χ4n) is 3.85. The number of hydrogen-bond donors (Lipinski definition) is 1. The highest BCUT2D eigenvalue weighted by molar-refractivity contribution is 5.97. The van der Waals surface area contributed by atoms with Gasteiger partial charge in [-0.25, -0.2) is 13.6 Å². The molecule has 164 valence electrons. The highest BCUT2D eigenvalue weighted by atomic mass is 19.1. The minimum absolute atomic E-state index is 0.202. The van der Waals surface area contributed by atoms with Gasteiger partial charge in [0.1, 0.15) is 30.0 Å². The molecular weight excluding hydrogens is 416 g/mol. The van der Waals surface area contributed by atoms with E-state index < -0.39 is 23.6 Å². The summed E-state index contributed by atoms with van der Waals surface area (Å²) >= 11 is 0. The van der Waals surface area contributed by atoms with Gasteiger partial charge in [0.25, 0.3) is 5.91 Å². The minimum Gasteiger partial charge on any atom is -0.489 e. The number of carboxylic acid groups (broad SMARTS) is 1. The van der Waals surface area contributed by atoms with E-state index in [0.717, 1.165) is 11.6 Å². The summed E-state index contributed by atoms with van der Waals surface area (Å²) in [6.07, 6.45) is 1.13. The van der Waals surface area contributed by atoms with E-state index in [1.165, 1.54) is 17.0 Å². The third-order valence-electron chi connectivity index (χ3n) is 5.47. The van der Waals surface area contributed by atoms with Crippen molar-refractivity contribution >= 4 is 11.9 Å². The molecule has 32 heavy (non-hydrogen) atoms. The lowest BCUT2D eigenvalue weighted by Gasteiger charge is -2.21. The summed E-state index contributed by atoms with van der Waals surface area (Å²) in [5.41, 5.74) is 2.07. The number of carbonyl (C=O) groups excluding carboxylic acids is 1. The first-order valence-corrected chi connectivity index (χ1v) is 10.2. The third kappa shape index (κ3) is 4.61. The Morgan fingerprint density at radius 3 is 2.53 bits per heavy atom. The summed E-state index contributed by atoms with van der Waals surface area (Å²) in [7, 11) is 0. The molecule has 4 rings (SSSR count). The highest BCUT2D eigenvalue weighted by Gasteiger charge is 2.34. The number of carboxylic acids is 1. The highest BCUT2D eigenvalue weighted by Crippen LogP contribution is 2.26. The standard InChI is InChI=1S/C25H21F2NO4/c26-19-8-11-21(22(27)14-19)17-6-9-20(10-7-17)32-15-16-3-1-4-18(13-16)24(29)28-12-2-5-23(28)25(30)31/h1,3-4,6-11,13-14,23H,2,5,12,15H2,(H,30,31). The second-order valence-corrected chi connectivity index (χ2v) is 7.63. The maximum Gasteiger partial charge on any atom is 0.326 e. The Kier molecular flexibility index (Phi) is 6.16. The number of amides is 1. The van der Waals surface area contributed by atoms with Crippen LogP contribution < -0.4 is 4.74 Å². The predicted molar refractivity (Wildman–Crippen MR) is 114 cm³/mol. The molecule has 0 aromatic heterocycles. The van der Waals surface area contributed by atoms with Crippen LogP contribution in [0.15, 0.2) is 66.7 Å². The zero-order chi connectivity index (χ0) is 22.7. The van der Waals surface area contributed by atoms with Crippen molar-refractivity contribution in [3.63, 3.8) is 0 Å². The average Bonchev–Trinajstić information content (AvgIpc) is 3.28. The first kappa shape index (κ1) is 21.5. The number of aliphatic carboxylic acids is 1. The molecule has 1 saturated heterocycles. The van der Waals surface area contributed by atoms with Gasteiger partial charge in [0.05, 0.1) is 0 Å². The summed E-state index contributed by atoms with van der Waals surface area (Å²) in [5.74, 6) is -2.00. The summed E-state index contributed by atoms with van der Waals surface area (Å²) in [4.78, 5) is 25.5. The summed E-state index contributed by atoms with van der Waals surface area (Å²) in [5, 5.41) is 9.31. The van der Waals surface area contributed by atoms with Gasteiger partial charge in [-0.3, -0.25) is 4.79 Å². The molecule has 5 nitrogen and oxygen atoms in total. The molecule has 1 unspecified atom stereocenters. The van der Waals surface area contributed by atoms with Crippen LogP contribution in [0.25, 0.3) is 11.1 Å². The zero-order valence-electron chi connectivity index (χ0n) is 17.1. The number of rotatable bonds is 6. The molecule has 0 saturated carbocycles. The van der Waals surface area contributed by atoms with Crippen LogP contribution in [0.5, 0.6) is 5.75 Å². The Hall–Kier alpha value is -3.74. The smallest absolute Gasteiger partial charge is 0.326 e. The van der Waals surface area contributed by atoms with Gasteiger partial charge in [-0.1, -0.05) is 24.3 Å². The number of ether oxygens (including phenoxy) is 1. The van der Waals surface area contributed by atoms with Gasteiger partial charge in [-0.15, -0.1) is 0 Å². The minimum atomic E-state index is -0.987. The van der Waals surface area contributed by atoms with E-state index in [1.54, 1.807) is 42.5 Å². The number of halogens is 2. The van der Waals surface area contributed by atoms with E-state index in [1.807, 2.05) is 6.07 Å². The largest absolute Gasteiger partial charge is 0.489 e. The molecule has 3 aromatic rings. The number of benzene rings is 3. The summed E-state index contributed by atoms with van der Waals surface area (Å²) in [6.45, 7) is 0.630. The molecule has 1 amide bonds. The first-order valence-electron chi connectivity index (χ1n) is 10.2. The molecule has 1 atom stereocenters. The zero-order valence-corrected chi connectivity index (χ0v) is 17.1. The van der Waals surface area contributed by atoms with Crippen molar-refractivity contribution in [1.29, 1.82) is 0 Å². The first-order chi connectivity index (χ1) is 15.4. The Morgan fingerprint density at radius 1 is 1.03 bits per heavy atom. The SMILES string of the molecule is O=C(O)C1CCCN1C(=O)c1cccc(COc2ccc(-c3ccc(F)cc3F)cc2)c1. The molecule has 0 radical (unpaired) electrons. The number of nitrogens with zero attached hydrogens (tertiary/aromatic N) is 1. The van der Waals surface area contributed by atoms with Crippen LogP contribution in [0, 0.1) is 11.6 Å². The average molecular weight is 437 g/mol. The van der Waals surface area contributed by atoms with Crippen LogP contribution in [0.4, 0.5) is 8.78 Å². The van der Waals surface area contributed by atoms with Crippen LogP contribution in [-0.4, -0.2) is 34.5 Å². The van der Waals surface area contributed by atoms with Gasteiger partial charge in [0.15, 0.2) is 0 Å². The second kappa shape index (κ2) is 9.18. The fourth-order valence-corrected chi connectivity index (χ4v) is 3.85. The Morgan fingerprint density at radius 2 is 1.81 bits per heavy atom. The van der Waals surface area contributed by atoms with Gasteiger partial charge in [0, 0.05) is 23.7 Å². The Bertz CT molecular complexity index is 1150. The lowest BCUT2D eigenvalue weighted by molar-refractivity contribution is -0.141. The number of carbonyl (C=O) groups is 2. The van der Waals surface area contributed by atoms with E-state index >= 15 is 0 Å². The van der Waals surface area contributed by atoms with Crippen LogP contribution in [0.1, 0.15) is 28.8 Å². The molecule has 1 aliphatic heterocycles. The van der Waals surface area contributed by atoms with Gasteiger partial charge in [0.2, 0.25) is 0 Å². The molecule has 1 aliphatic rings. The van der Waals surface area contributed by atoms with Gasteiger partial charge >= 0.3 is 5.97 Å². The third-order valence-corrected chi connectivity index (χ3v) is 5.47. The molecular formula is C25H21F2NO4. The molecule has 1 heterocycles. The lowest BCUT2D eigenvalue weighted by Crippen LogP contribution is -2.40. The predicted octanol–water partition coefficient (Wildman–Crippen LogP) is 4.90. The number of hydrogen-bond acceptors (Lipinski definition) is 3. The van der Waals surface area contributed by atoms with Crippen molar-refractivity contribution in [2.45, 2.75) is 25.5 Å². The van der Waals surface area contributed by atoms with E-state index in [2.05, 4.69) is 0 Å². The van der Waals surface area contributed by atoms with E-state index in [9.17, 15) is 23.5 Å². The van der Waals surface area contributed by atoms with Gasteiger partial charge in [-0.2, -0.15) is 0 Å². The molecule has 0 bridgehead atoms. The van der Waals surface area contributed by atoms with E-state index in [-0.39, 0.29) is 12.5 Å². The maximum atomic E-state index is 14.0. The summed E-state index contributed by atoms with van der Waals surface area (Å²) in [6, 6.07) is 16.3. The Balaban J connectivity index is 1.42. The van der Waals surface area contributed by atoms with Crippen LogP contribution >= 0.6 is 0 Å². The van der Waals surface area contributed by atoms with Crippen LogP contribution in [-0.2, 0) is 11.4 Å². The fraction of sp³-hybridized carbons (Fsp3) is 0.200. The molecule has 1 fully saturated rings. The van der Waals surface area contributed by atoms with Crippen molar-refractivity contribution in [2.75, 3.05) is 6.54 Å². The molecule has 0 aliphatic carbocycles. The molecule has 7 heteroatoms. The van der Waals surface area contributed by atoms with Crippen LogP contribution in [0.3, 0.4) is 0 Å². The van der Waals surface area contributed by atoms with Gasteiger partial charge in [-0.05, 0) is 60.4 Å². The summed E-state index contributed by atoms with van der Waals surface area (Å²) < 4.78 is 32.8. The van der Waals surface area contributed by atoms with Crippen molar-refractivity contribution < 1.29 is 28.2 Å². The maximum absolute atomic E-state index is 14.0. The Labute approximate surface area is 183 Å². The van der Waals surface area contributed by atoms with E-state index in [4.69, 9.17) is 4.74 Å². The normalized spacial score (nSPS) is 15.6. The molecule has 1 N–H and O–H groups in total. The molecule has 3 aromatic carbocycles. The number of likely N-dealkylation sites (tertiary alicyclic amines) is 1. The topological polar surface area (TPSA) is 66.8 Å². The molecule has 0 spiro atoms. The van der Waals surface area contributed by atoms with Crippen molar-refractivity contribution in [3.8, 4) is 16.9 Å². The second-order valence-electron chi connectivity index (χ2n) is 7.63.